The lowest BCUT2D eigenvalue weighted by Crippen LogP contribution is -2.22. The number of hydrogen-bond acceptors (Lipinski definition) is 8. The highest BCUT2D eigenvalue weighted by Gasteiger charge is 2.08. The van der Waals surface area contributed by atoms with E-state index in [1.807, 2.05) is 39.8 Å². The van der Waals surface area contributed by atoms with Gasteiger partial charge in [-0.25, -0.2) is 0 Å². The van der Waals surface area contributed by atoms with Gasteiger partial charge in [0.05, 0.1) is 38.4 Å². The Balaban J connectivity index is 1.63. The molecule has 8 nitrogen and oxygen atoms in total. The molecular weight excluding hydrogens is 440 g/mol. The SMILES string of the molecule is CC(C)c1cc(OCCOCCOCCOc2cc(C(=O)[O-])cc(C(C)C)c2)cc(C(=O)[O-])c1. The van der Waals surface area contributed by atoms with Crippen LogP contribution in [0.4, 0.5) is 0 Å². The van der Waals surface area contributed by atoms with Crippen LogP contribution in [-0.4, -0.2) is 51.6 Å². The van der Waals surface area contributed by atoms with Gasteiger partial charge in [-0.05, 0) is 59.4 Å². The molecule has 0 amide bonds. The van der Waals surface area contributed by atoms with Crippen molar-refractivity contribution in [3.63, 3.8) is 0 Å². The molecule has 0 atom stereocenters. The third-order valence-electron chi connectivity index (χ3n) is 5.03. The van der Waals surface area contributed by atoms with Crippen molar-refractivity contribution in [3.8, 4) is 11.5 Å². The van der Waals surface area contributed by atoms with E-state index < -0.39 is 11.9 Å². The predicted octanol–water partition coefficient (Wildman–Crippen LogP) is 2.15. The summed E-state index contributed by atoms with van der Waals surface area (Å²) < 4.78 is 22.2. The van der Waals surface area contributed by atoms with Gasteiger partial charge < -0.3 is 38.7 Å². The van der Waals surface area contributed by atoms with Gasteiger partial charge in [0.15, 0.2) is 0 Å². The lowest BCUT2D eigenvalue weighted by Gasteiger charge is -2.14. The molecule has 34 heavy (non-hydrogen) atoms. The van der Waals surface area contributed by atoms with E-state index in [1.165, 1.54) is 12.1 Å². The van der Waals surface area contributed by atoms with Crippen LogP contribution >= 0.6 is 0 Å². The normalized spacial score (nSPS) is 11.1. The van der Waals surface area contributed by atoms with Gasteiger partial charge in [0.2, 0.25) is 0 Å². The van der Waals surface area contributed by atoms with Crippen LogP contribution in [0.1, 0.15) is 71.4 Å². The van der Waals surface area contributed by atoms with Crippen molar-refractivity contribution in [3.05, 3.63) is 58.7 Å². The van der Waals surface area contributed by atoms with Crippen molar-refractivity contribution in [2.75, 3.05) is 39.6 Å². The molecule has 2 rings (SSSR count). The molecule has 8 heteroatoms. The van der Waals surface area contributed by atoms with Gasteiger partial charge in [-0.1, -0.05) is 27.7 Å². The molecule has 0 unspecified atom stereocenters. The number of benzene rings is 2. The Hall–Kier alpha value is -3.10. The Bertz CT molecular complexity index is 874. The van der Waals surface area contributed by atoms with Crippen molar-refractivity contribution in [2.24, 2.45) is 0 Å². The quantitative estimate of drug-likeness (QED) is 0.362. The molecule has 0 aliphatic rings. The van der Waals surface area contributed by atoms with Crippen molar-refractivity contribution >= 4 is 11.9 Å². The third kappa shape index (κ3) is 9.03. The van der Waals surface area contributed by atoms with Crippen LogP contribution in [0.2, 0.25) is 0 Å². The first-order chi connectivity index (χ1) is 16.2. The molecule has 0 radical (unpaired) electrons. The van der Waals surface area contributed by atoms with Gasteiger partial charge in [0.1, 0.15) is 24.7 Å². The molecule has 0 heterocycles. The average Bonchev–Trinajstić information content (AvgIpc) is 2.79. The summed E-state index contributed by atoms with van der Waals surface area (Å²) >= 11 is 0. The molecule has 0 fully saturated rings. The predicted molar refractivity (Wildman–Crippen MR) is 122 cm³/mol. The lowest BCUT2D eigenvalue weighted by atomic mass is 10.0. The highest BCUT2D eigenvalue weighted by atomic mass is 16.6. The average molecular weight is 473 g/mol. The van der Waals surface area contributed by atoms with Crippen LogP contribution in [0.25, 0.3) is 0 Å². The van der Waals surface area contributed by atoms with Crippen LogP contribution in [-0.2, 0) is 9.47 Å². The van der Waals surface area contributed by atoms with E-state index in [9.17, 15) is 19.8 Å². The first-order valence-corrected chi connectivity index (χ1v) is 11.3. The van der Waals surface area contributed by atoms with Gasteiger partial charge in [-0.2, -0.15) is 0 Å². The number of carbonyl (C=O) groups excluding carboxylic acids is 2. The second kappa shape index (κ2) is 13.6. The smallest absolute Gasteiger partial charge is 0.120 e. The van der Waals surface area contributed by atoms with Crippen LogP contribution < -0.4 is 19.7 Å². The Labute approximate surface area is 200 Å². The molecule has 0 spiro atoms. The molecule has 0 saturated heterocycles. The highest BCUT2D eigenvalue weighted by molar-refractivity contribution is 5.87. The maximum Gasteiger partial charge on any atom is 0.120 e. The number of aromatic carboxylic acids is 2. The largest absolute Gasteiger partial charge is 0.545 e. The summed E-state index contributed by atoms with van der Waals surface area (Å²) in [5, 5.41) is 22.4. The zero-order chi connectivity index (χ0) is 25.1. The van der Waals surface area contributed by atoms with Gasteiger partial charge in [-0.3, -0.25) is 0 Å². The summed E-state index contributed by atoms with van der Waals surface area (Å²) in [6, 6.07) is 9.69. The zero-order valence-corrected chi connectivity index (χ0v) is 20.1. The Morgan fingerprint density at radius 2 is 0.971 bits per heavy atom. The molecular formula is C26H32O8-2. The molecule has 2 aromatic rings. The standard InChI is InChI=1S/C26H34O8/c1-17(2)19-11-21(25(27)28)15-23(13-19)33-9-7-31-5-6-32-8-10-34-24-14-20(18(3)4)12-22(16-24)26(29)30/h11-18H,5-10H2,1-4H3,(H,27,28)(H,29,30)/p-2. The van der Waals surface area contributed by atoms with Gasteiger partial charge in [-0.15, -0.1) is 0 Å². The fraction of sp³-hybridized carbons (Fsp3) is 0.462. The van der Waals surface area contributed by atoms with Crippen LogP contribution in [0.5, 0.6) is 11.5 Å². The number of carbonyl (C=O) groups is 2. The number of carboxylic acid groups (broad SMARTS) is 2. The molecule has 0 N–H and O–H groups in total. The second-order valence-electron chi connectivity index (χ2n) is 8.39. The first-order valence-electron chi connectivity index (χ1n) is 11.3. The number of hydrogen-bond donors (Lipinski definition) is 0. The van der Waals surface area contributed by atoms with E-state index in [0.717, 1.165) is 11.1 Å². The van der Waals surface area contributed by atoms with E-state index >= 15 is 0 Å². The highest BCUT2D eigenvalue weighted by Crippen LogP contribution is 2.24. The van der Waals surface area contributed by atoms with Crippen LogP contribution in [0.15, 0.2) is 36.4 Å². The molecule has 0 aromatic heterocycles. The minimum absolute atomic E-state index is 0.0875. The minimum Gasteiger partial charge on any atom is -0.545 e. The van der Waals surface area contributed by atoms with Crippen LogP contribution in [0, 0.1) is 0 Å². The van der Waals surface area contributed by atoms with Crippen molar-refractivity contribution in [1.82, 2.24) is 0 Å². The van der Waals surface area contributed by atoms with Crippen molar-refractivity contribution < 1.29 is 38.7 Å². The lowest BCUT2D eigenvalue weighted by molar-refractivity contribution is -0.256. The summed E-state index contributed by atoms with van der Waals surface area (Å²) in [6.07, 6.45) is 0. The van der Waals surface area contributed by atoms with Gasteiger partial charge in [0, 0.05) is 11.1 Å². The molecule has 0 aliphatic heterocycles. The summed E-state index contributed by atoms with van der Waals surface area (Å²) in [7, 11) is 0. The molecule has 0 saturated carbocycles. The van der Waals surface area contributed by atoms with Gasteiger partial charge >= 0.3 is 0 Å². The van der Waals surface area contributed by atoms with E-state index in [-0.39, 0.29) is 36.2 Å². The molecule has 0 aliphatic carbocycles. The Kier molecular flexibility index (Phi) is 10.8. The first kappa shape index (κ1) is 27.1. The molecule has 0 bridgehead atoms. The number of carboxylic acids is 2. The number of ether oxygens (including phenoxy) is 4. The van der Waals surface area contributed by atoms with E-state index in [1.54, 1.807) is 12.1 Å². The summed E-state index contributed by atoms with van der Waals surface area (Å²) in [6.45, 7) is 9.78. The number of rotatable bonds is 15. The monoisotopic (exact) mass is 472 g/mol. The summed E-state index contributed by atoms with van der Waals surface area (Å²) in [5.74, 6) is -1.23. The summed E-state index contributed by atoms with van der Waals surface area (Å²) in [4.78, 5) is 22.4. The fourth-order valence-corrected chi connectivity index (χ4v) is 3.07. The second-order valence-corrected chi connectivity index (χ2v) is 8.39. The topological polar surface area (TPSA) is 117 Å². The van der Waals surface area contributed by atoms with E-state index in [0.29, 0.717) is 37.9 Å². The van der Waals surface area contributed by atoms with E-state index in [2.05, 4.69) is 0 Å². The van der Waals surface area contributed by atoms with Gasteiger partial charge in [0.25, 0.3) is 0 Å². The Morgan fingerprint density at radius 1 is 0.618 bits per heavy atom. The zero-order valence-electron chi connectivity index (χ0n) is 20.1. The Morgan fingerprint density at radius 3 is 1.29 bits per heavy atom. The molecule has 2 aromatic carbocycles. The minimum atomic E-state index is -1.24. The maximum atomic E-state index is 11.2. The van der Waals surface area contributed by atoms with Crippen molar-refractivity contribution in [2.45, 2.75) is 39.5 Å². The van der Waals surface area contributed by atoms with E-state index in [4.69, 9.17) is 18.9 Å². The third-order valence-corrected chi connectivity index (χ3v) is 5.03. The maximum absolute atomic E-state index is 11.2. The fourth-order valence-electron chi connectivity index (χ4n) is 3.07. The molecule has 186 valence electrons. The summed E-state index contributed by atoms with van der Waals surface area (Å²) in [5.41, 5.74) is 1.90. The van der Waals surface area contributed by atoms with Crippen molar-refractivity contribution in [1.29, 1.82) is 0 Å². The van der Waals surface area contributed by atoms with Crippen LogP contribution in [0.3, 0.4) is 0 Å².